The van der Waals surface area contributed by atoms with Crippen molar-refractivity contribution in [2.75, 3.05) is 27.2 Å². The van der Waals surface area contributed by atoms with E-state index in [0.29, 0.717) is 17.6 Å². The Morgan fingerprint density at radius 2 is 1.95 bits per heavy atom. The van der Waals surface area contributed by atoms with Crippen molar-refractivity contribution in [3.63, 3.8) is 0 Å². The van der Waals surface area contributed by atoms with Gasteiger partial charge in [0.05, 0.1) is 0 Å². The van der Waals surface area contributed by atoms with Crippen molar-refractivity contribution in [1.82, 2.24) is 9.80 Å². The Morgan fingerprint density at radius 1 is 1.27 bits per heavy atom. The van der Waals surface area contributed by atoms with Crippen LogP contribution in [0.4, 0.5) is 4.39 Å². The van der Waals surface area contributed by atoms with Gasteiger partial charge in [-0.3, -0.25) is 4.90 Å². The van der Waals surface area contributed by atoms with E-state index in [1.54, 1.807) is 6.07 Å². The van der Waals surface area contributed by atoms with Gasteiger partial charge in [-0.15, -0.1) is 0 Å². The molecule has 0 aromatic heterocycles. The van der Waals surface area contributed by atoms with Crippen molar-refractivity contribution in [3.05, 3.63) is 29.6 Å². The number of nitrogens with zero attached hydrogens (tertiary/aromatic N) is 2. The SMILES string of the molecule is CN(C)C1(CC2CC2)CCN(Cc2cccc(F)c2O)CC1. The zero-order valence-electron chi connectivity index (χ0n) is 13.7. The van der Waals surface area contributed by atoms with Crippen LogP contribution in [-0.4, -0.2) is 47.6 Å². The molecule has 3 nitrogen and oxygen atoms in total. The summed E-state index contributed by atoms with van der Waals surface area (Å²) in [5.74, 6) is 0.219. The largest absolute Gasteiger partial charge is 0.505 e. The van der Waals surface area contributed by atoms with Crippen molar-refractivity contribution >= 4 is 0 Å². The van der Waals surface area contributed by atoms with Crippen LogP contribution in [0.5, 0.6) is 5.75 Å². The number of halogens is 1. The fraction of sp³-hybridized carbons (Fsp3) is 0.667. The molecule has 0 bridgehead atoms. The van der Waals surface area contributed by atoms with E-state index in [0.717, 1.165) is 31.8 Å². The molecule has 1 aliphatic carbocycles. The molecule has 122 valence electrons. The molecule has 1 heterocycles. The monoisotopic (exact) mass is 306 g/mol. The van der Waals surface area contributed by atoms with E-state index >= 15 is 0 Å². The molecule has 1 saturated heterocycles. The molecule has 0 spiro atoms. The maximum atomic E-state index is 13.4. The fourth-order valence-electron chi connectivity index (χ4n) is 3.75. The number of benzene rings is 1. The zero-order chi connectivity index (χ0) is 15.7. The summed E-state index contributed by atoms with van der Waals surface area (Å²) in [6, 6.07) is 4.80. The summed E-state index contributed by atoms with van der Waals surface area (Å²) in [4.78, 5) is 4.76. The predicted octanol–water partition coefficient (Wildman–Crippen LogP) is 3.23. The number of rotatable bonds is 5. The average Bonchev–Trinajstić information content (AvgIpc) is 3.30. The van der Waals surface area contributed by atoms with Gasteiger partial charge in [0.15, 0.2) is 11.6 Å². The molecule has 0 unspecified atom stereocenters. The average molecular weight is 306 g/mol. The van der Waals surface area contributed by atoms with E-state index in [-0.39, 0.29) is 5.75 Å². The molecule has 1 saturated carbocycles. The van der Waals surface area contributed by atoms with Crippen LogP contribution < -0.4 is 0 Å². The van der Waals surface area contributed by atoms with Crippen LogP contribution in [0.15, 0.2) is 18.2 Å². The van der Waals surface area contributed by atoms with E-state index < -0.39 is 5.82 Å². The Balaban J connectivity index is 1.62. The van der Waals surface area contributed by atoms with Crippen molar-refractivity contribution in [2.45, 2.75) is 44.2 Å². The molecular formula is C18H27FN2O. The number of hydrogen-bond donors (Lipinski definition) is 1. The second kappa shape index (κ2) is 6.17. The Labute approximate surface area is 132 Å². The molecule has 22 heavy (non-hydrogen) atoms. The van der Waals surface area contributed by atoms with Gasteiger partial charge in [0.25, 0.3) is 0 Å². The summed E-state index contributed by atoms with van der Waals surface area (Å²) in [6.45, 7) is 2.66. The summed E-state index contributed by atoms with van der Waals surface area (Å²) < 4.78 is 13.4. The highest BCUT2D eigenvalue weighted by Crippen LogP contribution is 2.43. The number of likely N-dealkylation sites (tertiary alicyclic amines) is 1. The highest BCUT2D eigenvalue weighted by molar-refractivity contribution is 5.33. The van der Waals surface area contributed by atoms with Crippen molar-refractivity contribution < 1.29 is 9.50 Å². The summed E-state index contributed by atoms with van der Waals surface area (Å²) in [7, 11) is 4.41. The fourth-order valence-corrected chi connectivity index (χ4v) is 3.75. The Morgan fingerprint density at radius 3 is 2.55 bits per heavy atom. The molecular weight excluding hydrogens is 279 g/mol. The second-order valence-electron chi connectivity index (χ2n) is 7.29. The third kappa shape index (κ3) is 3.28. The van der Waals surface area contributed by atoms with Crippen LogP contribution in [-0.2, 0) is 6.54 Å². The molecule has 1 aromatic rings. The van der Waals surface area contributed by atoms with E-state index in [9.17, 15) is 9.50 Å². The highest BCUT2D eigenvalue weighted by Gasteiger charge is 2.40. The minimum Gasteiger partial charge on any atom is -0.505 e. The molecule has 4 heteroatoms. The van der Waals surface area contributed by atoms with Crippen LogP contribution in [0.25, 0.3) is 0 Å². The van der Waals surface area contributed by atoms with Gasteiger partial charge in [0, 0.05) is 30.7 Å². The van der Waals surface area contributed by atoms with Crippen LogP contribution in [0.3, 0.4) is 0 Å². The first kappa shape index (κ1) is 15.8. The normalized spacial score (nSPS) is 22.2. The molecule has 1 aliphatic heterocycles. The summed E-state index contributed by atoms with van der Waals surface area (Å²) in [6.07, 6.45) is 6.44. The van der Waals surface area contributed by atoms with Gasteiger partial charge in [-0.25, -0.2) is 4.39 Å². The van der Waals surface area contributed by atoms with Crippen molar-refractivity contribution in [3.8, 4) is 5.75 Å². The van der Waals surface area contributed by atoms with Gasteiger partial charge in [0.1, 0.15) is 0 Å². The van der Waals surface area contributed by atoms with Gasteiger partial charge in [0.2, 0.25) is 0 Å². The maximum Gasteiger partial charge on any atom is 0.165 e. The van der Waals surface area contributed by atoms with Gasteiger partial charge >= 0.3 is 0 Å². The number of piperidine rings is 1. The first-order chi connectivity index (χ1) is 10.5. The first-order valence-electron chi connectivity index (χ1n) is 8.36. The molecule has 3 rings (SSSR count). The lowest BCUT2D eigenvalue weighted by molar-refractivity contribution is 0.0415. The van der Waals surface area contributed by atoms with Crippen molar-refractivity contribution in [1.29, 1.82) is 0 Å². The number of phenols is 1. The van der Waals surface area contributed by atoms with E-state index in [1.807, 2.05) is 6.07 Å². The molecule has 2 aliphatic rings. The maximum absolute atomic E-state index is 13.4. The van der Waals surface area contributed by atoms with E-state index in [2.05, 4.69) is 23.9 Å². The summed E-state index contributed by atoms with van der Waals surface area (Å²) in [5, 5.41) is 9.84. The Hall–Kier alpha value is -1.13. The number of aromatic hydroxyl groups is 1. The molecule has 0 amide bonds. The third-order valence-corrected chi connectivity index (χ3v) is 5.57. The summed E-state index contributed by atoms with van der Waals surface area (Å²) in [5.41, 5.74) is 1.03. The smallest absolute Gasteiger partial charge is 0.165 e. The van der Waals surface area contributed by atoms with E-state index in [1.165, 1.54) is 25.3 Å². The molecule has 1 aromatic carbocycles. The molecule has 2 fully saturated rings. The van der Waals surface area contributed by atoms with E-state index in [4.69, 9.17) is 0 Å². The molecule has 0 radical (unpaired) electrons. The second-order valence-corrected chi connectivity index (χ2v) is 7.29. The molecule has 1 N–H and O–H groups in total. The van der Waals surface area contributed by atoms with Crippen LogP contribution >= 0.6 is 0 Å². The lowest BCUT2D eigenvalue weighted by Gasteiger charge is -2.46. The molecule has 0 atom stereocenters. The van der Waals surface area contributed by atoms with Gasteiger partial charge in [-0.1, -0.05) is 25.0 Å². The zero-order valence-corrected chi connectivity index (χ0v) is 13.7. The minimum atomic E-state index is -0.522. The Kier molecular flexibility index (Phi) is 4.42. The standard InChI is InChI=1S/C18H27FN2O/c1-20(2)18(12-14-6-7-14)8-10-21(11-9-18)13-15-4-3-5-16(19)17(15)22/h3-5,14,22H,6-13H2,1-2H3. The van der Waals surface area contributed by atoms with Gasteiger partial charge in [-0.05, 0) is 45.3 Å². The quantitative estimate of drug-likeness (QED) is 0.905. The van der Waals surface area contributed by atoms with Gasteiger partial charge < -0.3 is 10.0 Å². The van der Waals surface area contributed by atoms with Gasteiger partial charge in [-0.2, -0.15) is 0 Å². The number of phenolic OH excluding ortho intramolecular Hbond substituents is 1. The lowest BCUT2D eigenvalue weighted by Crippen LogP contribution is -2.52. The number of hydrogen-bond acceptors (Lipinski definition) is 3. The minimum absolute atomic E-state index is 0.190. The van der Waals surface area contributed by atoms with Crippen LogP contribution in [0.1, 0.15) is 37.7 Å². The predicted molar refractivity (Wildman–Crippen MR) is 86.3 cm³/mol. The Bertz CT molecular complexity index is 520. The third-order valence-electron chi connectivity index (χ3n) is 5.57. The first-order valence-corrected chi connectivity index (χ1v) is 8.36. The van der Waals surface area contributed by atoms with Crippen molar-refractivity contribution in [2.24, 2.45) is 5.92 Å². The van der Waals surface area contributed by atoms with Crippen LogP contribution in [0, 0.1) is 11.7 Å². The van der Waals surface area contributed by atoms with Crippen LogP contribution in [0.2, 0.25) is 0 Å². The number of para-hydroxylation sites is 1. The topological polar surface area (TPSA) is 26.7 Å². The summed E-state index contributed by atoms with van der Waals surface area (Å²) >= 11 is 0. The highest BCUT2D eigenvalue weighted by atomic mass is 19.1. The lowest BCUT2D eigenvalue weighted by atomic mass is 9.81.